The topological polar surface area (TPSA) is 42.2 Å². The Morgan fingerprint density at radius 2 is 2.14 bits per heavy atom. The fourth-order valence-electron chi connectivity index (χ4n) is 2.51. The summed E-state index contributed by atoms with van der Waals surface area (Å²) in [5, 5.41) is 4.94. The van der Waals surface area contributed by atoms with Crippen molar-refractivity contribution in [2.24, 2.45) is 5.92 Å². The van der Waals surface area contributed by atoms with Crippen molar-refractivity contribution in [1.82, 2.24) is 5.32 Å². The van der Waals surface area contributed by atoms with Crippen LogP contribution < -0.4 is 5.32 Å². The van der Waals surface area contributed by atoms with Crippen molar-refractivity contribution in [3.63, 3.8) is 0 Å². The van der Waals surface area contributed by atoms with E-state index in [1.165, 1.54) is 0 Å². The number of hydrogen-bond acceptors (Lipinski definition) is 2. The highest BCUT2D eigenvalue weighted by Crippen LogP contribution is 2.20. The second-order valence-electron chi connectivity index (χ2n) is 5.49. The summed E-state index contributed by atoms with van der Waals surface area (Å²) >= 11 is 3.47. The van der Waals surface area contributed by atoms with Gasteiger partial charge >= 0.3 is 0 Å². The van der Waals surface area contributed by atoms with E-state index in [0.717, 1.165) is 41.1 Å². The first-order chi connectivity index (χ1) is 10.1. The predicted molar refractivity (Wildman–Crippen MR) is 90.1 cm³/mol. The van der Waals surface area contributed by atoms with Gasteiger partial charge in [-0.1, -0.05) is 40.9 Å². The quantitative estimate of drug-likeness (QED) is 0.736. The molecule has 0 radical (unpaired) electrons. The lowest BCUT2D eigenvalue weighted by Gasteiger charge is -2.14. The molecule has 4 heteroatoms. The first-order valence-electron chi connectivity index (χ1n) is 7.48. The van der Waals surface area contributed by atoms with Crippen molar-refractivity contribution in [2.45, 2.75) is 33.1 Å². The number of nitrogens with one attached hydrogen (secondary N) is 1. The third-order valence-electron chi connectivity index (χ3n) is 3.66. The second kappa shape index (κ2) is 7.64. The number of carbonyl (C=O) groups excluding carboxylic acids is 1. The maximum atomic E-state index is 12.2. The Hall–Kier alpha value is -1.29. The summed E-state index contributed by atoms with van der Waals surface area (Å²) in [4.78, 5) is 12.2. The number of rotatable bonds is 7. The van der Waals surface area contributed by atoms with Gasteiger partial charge in [-0.2, -0.15) is 0 Å². The normalized spacial score (nSPS) is 12.5. The molecule has 2 aromatic rings. The van der Waals surface area contributed by atoms with Gasteiger partial charge in [0.2, 0.25) is 0 Å². The van der Waals surface area contributed by atoms with E-state index in [0.29, 0.717) is 18.2 Å². The zero-order chi connectivity index (χ0) is 15.2. The van der Waals surface area contributed by atoms with Crippen LogP contribution >= 0.6 is 15.9 Å². The van der Waals surface area contributed by atoms with Crippen LogP contribution in [0, 0.1) is 12.8 Å². The molecule has 1 amide bonds. The summed E-state index contributed by atoms with van der Waals surface area (Å²) < 4.78 is 5.62. The van der Waals surface area contributed by atoms with Gasteiger partial charge in [-0.3, -0.25) is 4.79 Å². The largest absolute Gasteiger partial charge is 0.451 e. The molecule has 0 fully saturated rings. The van der Waals surface area contributed by atoms with E-state index in [1.54, 1.807) is 0 Å². The van der Waals surface area contributed by atoms with Crippen molar-refractivity contribution in [3.8, 4) is 0 Å². The number of carbonyl (C=O) groups is 1. The Balaban J connectivity index is 2.01. The van der Waals surface area contributed by atoms with E-state index in [4.69, 9.17) is 4.42 Å². The van der Waals surface area contributed by atoms with Gasteiger partial charge in [0.25, 0.3) is 5.91 Å². The van der Waals surface area contributed by atoms with E-state index in [-0.39, 0.29) is 5.91 Å². The molecule has 1 aromatic heterocycles. The summed E-state index contributed by atoms with van der Waals surface area (Å²) in [5.74, 6) is 0.786. The van der Waals surface area contributed by atoms with Crippen LogP contribution in [0.5, 0.6) is 0 Å². The minimum atomic E-state index is -0.125. The van der Waals surface area contributed by atoms with Gasteiger partial charge in [0.05, 0.1) is 0 Å². The Kier molecular flexibility index (Phi) is 5.85. The monoisotopic (exact) mass is 351 g/mol. The van der Waals surface area contributed by atoms with Gasteiger partial charge in [0, 0.05) is 17.3 Å². The third-order valence-corrected chi connectivity index (χ3v) is 4.12. The van der Waals surface area contributed by atoms with Gasteiger partial charge in [0.15, 0.2) is 5.76 Å². The fourth-order valence-corrected chi connectivity index (χ4v) is 3.16. The van der Waals surface area contributed by atoms with Crippen molar-refractivity contribution >= 4 is 32.8 Å². The number of alkyl halides is 1. The zero-order valence-electron chi connectivity index (χ0n) is 12.6. The third kappa shape index (κ3) is 4.34. The number of furan rings is 1. The van der Waals surface area contributed by atoms with Gasteiger partial charge in [-0.05, 0) is 43.9 Å². The van der Waals surface area contributed by atoms with Gasteiger partial charge in [0.1, 0.15) is 5.58 Å². The molecule has 0 aliphatic carbocycles. The standard InChI is InChI=1S/C17H22BrNO2/c1-3-4-13(7-8-18)11-19-17(20)16-10-14-9-12(2)5-6-15(14)21-16/h5-6,9-10,13H,3-4,7-8,11H2,1-2H3,(H,19,20). The van der Waals surface area contributed by atoms with Gasteiger partial charge in [-0.15, -0.1) is 0 Å². The highest BCUT2D eigenvalue weighted by atomic mass is 79.9. The summed E-state index contributed by atoms with van der Waals surface area (Å²) in [6.45, 7) is 4.90. The van der Waals surface area contributed by atoms with Crippen molar-refractivity contribution in [2.75, 3.05) is 11.9 Å². The average molecular weight is 352 g/mol. The summed E-state index contributed by atoms with van der Waals surface area (Å²) in [7, 11) is 0. The van der Waals surface area contributed by atoms with Crippen LogP contribution in [0.3, 0.4) is 0 Å². The number of halogens is 1. The zero-order valence-corrected chi connectivity index (χ0v) is 14.2. The molecule has 0 bridgehead atoms. The molecule has 0 saturated heterocycles. The Morgan fingerprint density at radius 1 is 1.33 bits per heavy atom. The highest BCUT2D eigenvalue weighted by Gasteiger charge is 2.14. The lowest BCUT2D eigenvalue weighted by Crippen LogP contribution is -2.29. The predicted octanol–water partition coefficient (Wildman–Crippen LogP) is 4.67. The van der Waals surface area contributed by atoms with E-state index >= 15 is 0 Å². The molecule has 1 aromatic carbocycles. The minimum Gasteiger partial charge on any atom is -0.451 e. The molecular formula is C17H22BrNO2. The smallest absolute Gasteiger partial charge is 0.287 e. The molecule has 1 N–H and O–H groups in total. The first-order valence-corrected chi connectivity index (χ1v) is 8.60. The molecule has 2 rings (SSSR count). The molecule has 0 aliphatic rings. The van der Waals surface area contributed by atoms with Crippen LogP contribution in [-0.4, -0.2) is 17.8 Å². The Labute approximate surface area is 134 Å². The van der Waals surface area contributed by atoms with Crippen molar-refractivity contribution in [1.29, 1.82) is 0 Å². The van der Waals surface area contributed by atoms with Crippen LogP contribution in [0.15, 0.2) is 28.7 Å². The van der Waals surface area contributed by atoms with Crippen molar-refractivity contribution in [3.05, 3.63) is 35.6 Å². The minimum absolute atomic E-state index is 0.125. The summed E-state index contributed by atoms with van der Waals surface area (Å²) in [6, 6.07) is 7.74. The van der Waals surface area contributed by atoms with Crippen LogP contribution in [0.4, 0.5) is 0 Å². The first kappa shape index (κ1) is 16.1. The van der Waals surface area contributed by atoms with Crippen LogP contribution in [0.2, 0.25) is 0 Å². The molecule has 1 unspecified atom stereocenters. The fraction of sp³-hybridized carbons (Fsp3) is 0.471. The molecule has 0 saturated carbocycles. The average Bonchev–Trinajstić information content (AvgIpc) is 2.88. The van der Waals surface area contributed by atoms with E-state index in [9.17, 15) is 4.79 Å². The van der Waals surface area contributed by atoms with Crippen LogP contribution in [-0.2, 0) is 0 Å². The number of benzene rings is 1. The number of aryl methyl sites for hydroxylation is 1. The molecule has 0 aliphatic heterocycles. The maximum absolute atomic E-state index is 12.2. The lowest BCUT2D eigenvalue weighted by atomic mass is 10.0. The van der Waals surface area contributed by atoms with Crippen LogP contribution in [0.25, 0.3) is 11.0 Å². The number of amides is 1. The molecule has 0 spiro atoms. The molecule has 1 heterocycles. The Morgan fingerprint density at radius 3 is 2.86 bits per heavy atom. The second-order valence-corrected chi connectivity index (χ2v) is 6.29. The van der Waals surface area contributed by atoms with E-state index in [1.807, 2.05) is 31.2 Å². The lowest BCUT2D eigenvalue weighted by molar-refractivity contribution is 0.0920. The van der Waals surface area contributed by atoms with Crippen LogP contribution in [0.1, 0.15) is 42.3 Å². The summed E-state index contributed by atoms with van der Waals surface area (Å²) in [5.41, 5.74) is 1.92. The molecule has 3 nitrogen and oxygen atoms in total. The highest BCUT2D eigenvalue weighted by molar-refractivity contribution is 9.09. The molecule has 114 valence electrons. The van der Waals surface area contributed by atoms with Gasteiger partial charge in [-0.25, -0.2) is 0 Å². The molecular weight excluding hydrogens is 330 g/mol. The summed E-state index contributed by atoms with van der Waals surface area (Å²) in [6.07, 6.45) is 3.34. The van der Waals surface area contributed by atoms with E-state index in [2.05, 4.69) is 28.2 Å². The Bertz CT molecular complexity index is 600. The van der Waals surface area contributed by atoms with E-state index < -0.39 is 0 Å². The molecule has 1 atom stereocenters. The van der Waals surface area contributed by atoms with Crippen molar-refractivity contribution < 1.29 is 9.21 Å². The number of fused-ring (bicyclic) bond motifs is 1. The number of hydrogen-bond donors (Lipinski definition) is 1. The maximum Gasteiger partial charge on any atom is 0.287 e. The molecule has 21 heavy (non-hydrogen) atoms. The van der Waals surface area contributed by atoms with Gasteiger partial charge < -0.3 is 9.73 Å². The SMILES string of the molecule is CCCC(CCBr)CNC(=O)c1cc2cc(C)ccc2o1.